The first-order valence-corrected chi connectivity index (χ1v) is 9.40. The third-order valence-electron chi connectivity index (χ3n) is 3.16. The predicted octanol–water partition coefficient (Wildman–Crippen LogP) is 3.10. The van der Waals surface area contributed by atoms with E-state index in [1.165, 1.54) is 15.6 Å². The summed E-state index contributed by atoms with van der Waals surface area (Å²) < 4.78 is 27.6. The molecule has 0 aliphatic heterocycles. The molecule has 1 aromatic carbocycles. The molecule has 0 atom stereocenters. The molecule has 0 spiro atoms. The number of aryl methyl sites for hydroxylation is 1. The number of benzene rings is 1. The summed E-state index contributed by atoms with van der Waals surface area (Å²) in [6.07, 6.45) is 0. The van der Waals surface area contributed by atoms with Crippen molar-refractivity contribution in [1.82, 2.24) is 4.31 Å². The second-order valence-electron chi connectivity index (χ2n) is 4.69. The summed E-state index contributed by atoms with van der Waals surface area (Å²) in [6, 6.07) is 9.27. The van der Waals surface area contributed by atoms with Gasteiger partial charge in [0.15, 0.2) is 0 Å². The van der Waals surface area contributed by atoms with Gasteiger partial charge >= 0.3 is 0 Å². The number of thiophene rings is 1. The summed E-state index contributed by atoms with van der Waals surface area (Å²) in [4.78, 5) is 2.00. The van der Waals surface area contributed by atoms with Crippen molar-refractivity contribution in [2.75, 3.05) is 7.05 Å². The maximum atomic E-state index is 12.7. The lowest BCUT2D eigenvalue weighted by molar-refractivity contribution is 0.466. The first-order chi connectivity index (χ1) is 9.86. The molecule has 2 N–H and O–H groups in total. The fourth-order valence-electron chi connectivity index (χ4n) is 2.00. The molecule has 4 nitrogen and oxygen atoms in total. The van der Waals surface area contributed by atoms with E-state index in [1.807, 2.05) is 31.2 Å². The van der Waals surface area contributed by atoms with Crippen molar-refractivity contribution in [3.63, 3.8) is 0 Å². The van der Waals surface area contributed by atoms with Crippen LogP contribution in [-0.2, 0) is 23.1 Å². The van der Waals surface area contributed by atoms with Gasteiger partial charge in [0.25, 0.3) is 0 Å². The normalized spacial score (nSPS) is 12.0. The van der Waals surface area contributed by atoms with Crippen LogP contribution in [0.4, 0.5) is 0 Å². The first kappa shape index (κ1) is 16.6. The maximum Gasteiger partial charge on any atom is 0.244 e. The van der Waals surface area contributed by atoms with E-state index in [4.69, 9.17) is 5.73 Å². The van der Waals surface area contributed by atoms with Crippen LogP contribution in [0.25, 0.3) is 0 Å². The lowest BCUT2D eigenvalue weighted by Gasteiger charge is -2.17. The second-order valence-corrected chi connectivity index (χ2v) is 8.90. The molecule has 0 saturated heterocycles. The summed E-state index contributed by atoms with van der Waals surface area (Å²) in [5, 5.41) is 0. The van der Waals surface area contributed by atoms with Crippen molar-refractivity contribution in [3.05, 3.63) is 50.1 Å². The zero-order chi connectivity index (χ0) is 15.6. The van der Waals surface area contributed by atoms with Gasteiger partial charge in [0.2, 0.25) is 10.0 Å². The van der Waals surface area contributed by atoms with Gasteiger partial charge in [-0.3, -0.25) is 0 Å². The lowest BCUT2D eigenvalue weighted by atomic mass is 10.2. The number of halogens is 1. The first-order valence-electron chi connectivity index (χ1n) is 6.35. The van der Waals surface area contributed by atoms with Crippen LogP contribution >= 0.6 is 27.3 Å². The SMILES string of the molecule is Cc1sc(CN)cc1S(=O)(=O)N(C)Cc1ccccc1Br. The molecule has 7 heteroatoms. The summed E-state index contributed by atoms with van der Waals surface area (Å²) in [5.74, 6) is 0. The van der Waals surface area contributed by atoms with Gasteiger partial charge in [-0.2, -0.15) is 4.31 Å². The third-order valence-corrected chi connectivity index (χ3v) is 7.07. The van der Waals surface area contributed by atoms with Crippen molar-refractivity contribution < 1.29 is 8.42 Å². The Morgan fingerprint density at radius 2 is 2.00 bits per heavy atom. The number of sulfonamides is 1. The molecule has 114 valence electrons. The van der Waals surface area contributed by atoms with E-state index in [2.05, 4.69) is 15.9 Å². The summed E-state index contributed by atoms with van der Waals surface area (Å²) in [6.45, 7) is 2.48. The van der Waals surface area contributed by atoms with Gasteiger partial charge in [0.1, 0.15) is 0 Å². The Morgan fingerprint density at radius 1 is 1.33 bits per heavy atom. The number of hydrogen-bond donors (Lipinski definition) is 1. The largest absolute Gasteiger partial charge is 0.326 e. The van der Waals surface area contributed by atoms with Crippen molar-refractivity contribution in [1.29, 1.82) is 0 Å². The minimum absolute atomic E-state index is 0.316. The molecule has 0 unspecified atom stereocenters. The molecule has 0 bridgehead atoms. The summed E-state index contributed by atoms with van der Waals surface area (Å²) >= 11 is 4.87. The summed E-state index contributed by atoms with van der Waals surface area (Å²) in [7, 11) is -1.92. The summed E-state index contributed by atoms with van der Waals surface area (Å²) in [5.41, 5.74) is 6.52. The molecule has 0 aliphatic carbocycles. The molecule has 0 aliphatic rings. The van der Waals surface area contributed by atoms with Crippen LogP contribution in [0.3, 0.4) is 0 Å². The van der Waals surface area contributed by atoms with E-state index < -0.39 is 10.0 Å². The smallest absolute Gasteiger partial charge is 0.244 e. The zero-order valence-electron chi connectivity index (χ0n) is 11.8. The van der Waals surface area contributed by atoms with Gasteiger partial charge in [-0.15, -0.1) is 11.3 Å². The Morgan fingerprint density at radius 3 is 2.57 bits per heavy atom. The fraction of sp³-hybridized carbons (Fsp3) is 0.286. The van der Waals surface area contributed by atoms with Crippen LogP contribution in [-0.4, -0.2) is 19.8 Å². The molecule has 2 aromatic rings. The van der Waals surface area contributed by atoms with E-state index in [1.54, 1.807) is 13.1 Å². The van der Waals surface area contributed by atoms with Crippen LogP contribution in [0.2, 0.25) is 0 Å². The van der Waals surface area contributed by atoms with Crippen LogP contribution in [0.15, 0.2) is 39.7 Å². The topological polar surface area (TPSA) is 63.4 Å². The van der Waals surface area contributed by atoms with Crippen LogP contribution in [0, 0.1) is 6.92 Å². The van der Waals surface area contributed by atoms with Crippen molar-refractivity contribution in [2.24, 2.45) is 5.73 Å². The predicted molar refractivity (Wildman–Crippen MR) is 89.7 cm³/mol. The van der Waals surface area contributed by atoms with E-state index in [9.17, 15) is 8.42 Å². The third kappa shape index (κ3) is 3.54. The Labute approximate surface area is 137 Å². The zero-order valence-corrected chi connectivity index (χ0v) is 15.1. The van der Waals surface area contributed by atoms with Gasteiger partial charge in [0.05, 0.1) is 4.90 Å². The van der Waals surface area contributed by atoms with Gasteiger partial charge in [-0.25, -0.2) is 8.42 Å². The molecule has 0 amide bonds. The molecule has 1 aromatic heterocycles. The molecule has 0 radical (unpaired) electrons. The quantitative estimate of drug-likeness (QED) is 0.855. The van der Waals surface area contributed by atoms with Crippen LogP contribution in [0.5, 0.6) is 0 Å². The van der Waals surface area contributed by atoms with Gasteiger partial charge in [0, 0.05) is 34.4 Å². The highest BCUT2D eigenvalue weighted by Crippen LogP contribution is 2.29. The minimum atomic E-state index is -3.51. The Bertz CT molecular complexity index is 741. The molecular weight excluding hydrogens is 372 g/mol. The highest BCUT2D eigenvalue weighted by atomic mass is 79.9. The highest BCUT2D eigenvalue weighted by molar-refractivity contribution is 9.10. The average molecular weight is 389 g/mol. The van der Waals surface area contributed by atoms with Crippen molar-refractivity contribution in [3.8, 4) is 0 Å². The number of nitrogens with two attached hydrogens (primary N) is 1. The molecule has 1 heterocycles. The van der Waals surface area contributed by atoms with Gasteiger partial charge in [-0.1, -0.05) is 34.1 Å². The van der Waals surface area contributed by atoms with E-state index in [0.29, 0.717) is 18.0 Å². The fourth-order valence-corrected chi connectivity index (χ4v) is 5.04. The number of nitrogens with zero attached hydrogens (tertiary/aromatic N) is 1. The Kier molecular flexibility index (Phi) is 5.21. The van der Waals surface area contributed by atoms with Crippen LogP contribution < -0.4 is 5.73 Å². The molecular formula is C14H17BrN2O2S2. The number of rotatable bonds is 5. The van der Waals surface area contributed by atoms with Crippen LogP contribution in [0.1, 0.15) is 15.3 Å². The highest BCUT2D eigenvalue weighted by Gasteiger charge is 2.25. The van der Waals surface area contributed by atoms with Gasteiger partial charge < -0.3 is 5.73 Å². The number of hydrogen-bond acceptors (Lipinski definition) is 4. The second kappa shape index (κ2) is 6.58. The minimum Gasteiger partial charge on any atom is -0.326 e. The molecule has 0 saturated carbocycles. The van der Waals surface area contributed by atoms with Crippen molar-refractivity contribution in [2.45, 2.75) is 24.9 Å². The molecule has 2 rings (SSSR count). The maximum absolute atomic E-state index is 12.7. The Hall–Kier alpha value is -0.730. The monoisotopic (exact) mass is 388 g/mol. The average Bonchev–Trinajstić information content (AvgIpc) is 2.83. The lowest BCUT2D eigenvalue weighted by Crippen LogP contribution is -2.26. The Balaban J connectivity index is 2.30. The van der Waals surface area contributed by atoms with Crippen molar-refractivity contribution >= 4 is 37.3 Å². The van der Waals surface area contributed by atoms with E-state index >= 15 is 0 Å². The van der Waals surface area contributed by atoms with Gasteiger partial charge in [-0.05, 0) is 24.6 Å². The standard InChI is InChI=1S/C14H17BrN2O2S2/c1-10-14(7-12(8-16)20-10)21(18,19)17(2)9-11-5-3-4-6-13(11)15/h3-7H,8-9,16H2,1-2H3. The van der Waals surface area contributed by atoms with E-state index in [-0.39, 0.29) is 0 Å². The molecule has 0 fully saturated rings. The van der Waals surface area contributed by atoms with E-state index in [0.717, 1.165) is 19.8 Å². The molecule has 21 heavy (non-hydrogen) atoms.